The summed E-state index contributed by atoms with van der Waals surface area (Å²) in [6.45, 7) is 2.43. The molecule has 2 rings (SSSR count). The van der Waals surface area contributed by atoms with Crippen molar-refractivity contribution in [1.82, 2.24) is 5.32 Å². The van der Waals surface area contributed by atoms with Crippen LogP contribution in [0.3, 0.4) is 0 Å². The summed E-state index contributed by atoms with van der Waals surface area (Å²) >= 11 is 5.19. The third-order valence-electron chi connectivity index (χ3n) is 4.41. The average Bonchev–Trinajstić information content (AvgIpc) is 2.81. The zero-order valence-electron chi connectivity index (χ0n) is 19.0. The Labute approximate surface area is 198 Å². The fourth-order valence-electron chi connectivity index (χ4n) is 2.75. The molecule has 0 heterocycles. The van der Waals surface area contributed by atoms with Crippen LogP contribution in [0.25, 0.3) is 0 Å². The zero-order chi connectivity index (χ0) is 24.2. The molecule has 0 saturated carbocycles. The molecule has 4 N–H and O–H groups in total. The maximum atomic E-state index is 12.6. The van der Waals surface area contributed by atoms with Crippen LogP contribution in [0.1, 0.15) is 6.92 Å². The van der Waals surface area contributed by atoms with Crippen molar-refractivity contribution in [3.8, 4) is 17.2 Å². The maximum absolute atomic E-state index is 12.6. The highest BCUT2D eigenvalue weighted by atomic mass is 32.1. The van der Waals surface area contributed by atoms with Gasteiger partial charge in [-0.25, -0.2) is 4.99 Å². The maximum Gasteiger partial charge on any atom is 0.260 e. The first-order valence-corrected chi connectivity index (χ1v) is 10.4. The van der Waals surface area contributed by atoms with E-state index in [9.17, 15) is 9.90 Å². The summed E-state index contributed by atoms with van der Waals surface area (Å²) in [6.07, 6.45) is 1.22. The first kappa shape index (κ1) is 25.5. The summed E-state index contributed by atoms with van der Waals surface area (Å²) in [6, 6.07) is 12.5. The van der Waals surface area contributed by atoms with E-state index in [2.05, 4.69) is 20.9 Å². The minimum atomic E-state index is -0.541. The van der Waals surface area contributed by atoms with E-state index in [1.807, 2.05) is 18.2 Å². The molecule has 0 atom stereocenters. The number of aliphatic imine (C=N–C) groups is 1. The van der Waals surface area contributed by atoms with Gasteiger partial charge < -0.3 is 35.3 Å². The lowest BCUT2D eigenvalue weighted by Crippen LogP contribution is -2.26. The number of anilines is 2. The summed E-state index contributed by atoms with van der Waals surface area (Å²) in [5.41, 5.74) is 1.31. The topological polar surface area (TPSA) is 113 Å². The quantitative estimate of drug-likeness (QED) is 0.137. The number of allylic oxidation sites excluding steroid dienone is 1. The minimum absolute atomic E-state index is 0.0199. The first-order chi connectivity index (χ1) is 15.9. The monoisotopic (exact) mass is 472 g/mol. The summed E-state index contributed by atoms with van der Waals surface area (Å²) in [7, 11) is 4.66. The predicted molar refractivity (Wildman–Crippen MR) is 134 cm³/mol. The van der Waals surface area contributed by atoms with Gasteiger partial charge >= 0.3 is 0 Å². The Morgan fingerprint density at radius 3 is 2.39 bits per heavy atom. The molecule has 0 saturated heterocycles. The van der Waals surface area contributed by atoms with Gasteiger partial charge in [0.1, 0.15) is 11.5 Å². The van der Waals surface area contributed by atoms with Gasteiger partial charge in [-0.1, -0.05) is 12.1 Å². The predicted octanol–water partition coefficient (Wildman–Crippen LogP) is 3.54. The van der Waals surface area contributed by atoms with E-state index >= 15 is 0 Å². The van der Waals surface area contributed by atoms with Gasteiger partial charge in [0.2, 0.25) is 0 Å². The van der Waals surface area contributed by atoms with E-state index in [1.54, 1.807) is 38.5 Å². The molecule has 0 aliphatic carbocycles. The zero-order valence-corrected chi connectivity index (χ0v) is 19.8. The number of thiocarbonyl (C=S) groups is 1. The number of methoxy groups -OCH3 is 3. The van der Waals surface area contributed by atoms with Gasteiger partial charge in [0, 0.05) is 31.1 Å². The van der Waals surface area contributed by atoms with Crippen molar-refractivity contribution in [3.63, 3.8) is 0 Å². The van der Waals surface area contributed by atoms with Gasteiger partial charge in [0.25, 0.3) is 5.91 Å². The molecular formula is C23H28N4O5S. The lowest BCUT2D eigenvalue weighted by atomic mass is 10.2. The second-order valence-electron chi connectivity index (χ2n) is 6.64. The molecule has 176 valence electrons. The van der Waals surface area contributed by atoms with Crippen molar-refractivity contribution in [2.45, 2.75) is 6.92 Å². The highest BCUT2D eigenvalue weighted by Gasteiger charge is 2.14. The molecule has 9 nitrogen and oxygen atoms in total. The first-order valence-electron chi connectivity index (χ1n) is 10.0. The molecule has 10 heteroatoms. The molecule has 0 unspecified atom stereocenters. The van der Waals surface area contributed by atoms with E-state index in [0.29, 0.717) is 36.0 Å². The van der Waals surface area contributed by atoms with E-state index in [4.69, 9.17) is 26.4 Å². The molecule has 33 heavy (non-hydrogen) atoms. The molecule has 2 aromatic rings. The highest BCUT2D eigenvalue weighted by molar-refractivity contribution is 7.80. The van der Waals surface area contributed by atoms with Gasteiger partial charge in [0.05, 0.1) is 32.6 Å². The van der Waals surface area contributed by atoms with Crippen LogP contribution >= 0.6 is 12.2 Å². The van der Waals surface area contributed by atoms with E-state index < -0.39 is 5.91 Å². The Morgan fingerprint density at radius 2 is 1.73 bits per heavy atom. The highest BCUT2D eigenvalue weighted by Crippen LogP contribution is 2.29. The van der Waals surface area contributed by atoms with Crippen LogP contribution in [0.2, 0.25) is 0 Å². The molecule has 0 bridgehead atoms. The number of hydrogen-bond acceptors (Lipinski definition) is 7. The molecular weight excluding hydrogens is 444 g/mol. The third kappa shape index (κ3) is 7.69. The Balaban J connectivity index is 1.88. The number of nitrogens with one attached hydrogen (secondary N) is 3. The number of aliphatic hydroxyl groups excluding tert-OH is 1. The summed E-state index contributed by atoms with van der Waals surface area (Å²) in [4.78, 5) is 16.6. The van der Waals surface area contributed by atoms with Gasteiger partial charge in [-0.2, -0.15) is 0 Å². The van der Waals surface area contributed by atoms with Crippen molar-refractivity contribution in [2.75, 3.05) is 45.1 Å². The molecule has 0 aliphatic heterocycles. The number of amides is 1. The number of hydrogen-bond donors (Lipinski definition) is 4. The van der Waals surface area contributed by atoms with Crippen molar-refractivity contribution < 1.29 is 24.1 Å². The summed E-state index contributed by atoms with van der Waals surface area (Å²) < 4.78 is 15.7. The Kier molecular flexibility index (Phi) is 9.97. The second-order valence-corrected chi connectivity index (χ2v) is 7.03. The molecule has 1 amide bonds. The Hall–Kier alpha value is -3.79. The summed E-state index contributed by atoms with van der Waals surface area (Å²) in [5.74, 6) is 1.04. The Bertz CT molecular complexity index is 1040. The van der Waals surface area contributed by atoms with Crippen LogP contribution < -0.4 is 30.2 Å². The van der Waals surface area contributed by atoms with Crippen LogP contribution in [0.5, 0.6) is 17.2 Å². The molecule has 0 spiro atoms. The van der Waals surface area contributed by atoms with Gasteiger partial charge in [-0.15, -0.1) is 0 Å². The van der Waals surface area contributed by atoms with Crippen molar-refractivity contribution in [1.29, 1.82) is 0 Å². The van der Waals surface area contributed by atoms with Gasteiger partial charge in [-0.05, 0) is 43.4 Å². The fraction of sp³-hybridized carbons (Fsp3) is 0.261. The minimum Gasteiger partial charge on any atom is -0.512 e. The fourth-order valence-corrected chi connectivity index (χ4v) is 2.90. The number of ether oxygens (including phenoxy) is 3. The number of benzene rings is 2. The molecule has 0 aliphatic rings. The number of nitrogens with zero attached hydrogens (tertiary/aromatic N) is 1. The van der Waals surface area contributed by atoms with Crippen LogP contribution in [-0.2, 0) is 4.79 Å². The largest absolute Gasteiger partial charge is 0.512 e. The smallest absolute Gasteiger partial charge is 0.260 e. The van der Waals surface area contributed by atoms with Crippen LogP contribution in [0.4, 0.5) is 11.4 Å². The number of rotatable bonds is 10. The number of aliphatic hydroxyl groups is 1. The van der Waals surface area contributed by atoms with Crippen molar-refractivity contribution in [2.24, 2.45) is 4.99 Å². The van der Waals surface area contributed by atoms with E-state index in [-0.39, 0.29) is 16.4 Å². The van der Waals surface area contributed by atoms with Crippen LogP contribution in [0.15, 0.2) is 58.8 Å². The third-order valence-corrected chi connectivity index (χ3v) is 4.66. The van der Waals surface area contributed by atoms with Crippen LogP contribution in [-0.4, -0.2) is 56.8 Å². The normalized spacial score (nSPS) is 11.4. The Morgan fingerprint density at radius 1 is 1.03 bits per heavy atom. The summed E-state index contributed by atoms with van der Waals surface area (Å²) in [5, 5.41) is 19.0. The average molecular weight is 473 g/mol. The van der Waals surface area contributed by atoms with Crippen LogP contribution in [0, 0.1) is 0 Å². The molecule has 0 fully saturated rings. The number of carbonyl (C=O) groups excluding carboxylic acids is 1. The van der Waals surface area contributed by atoms with Gasteiger partial charge in [-0.3, -0.25) is 4.79 Å². The standard InChI is InChI=1S/C23H28N4O5S/c1-15(28)17(22(29)27-18-7-5-6-8-19(18)30-2)14-26-23(33)25-12-11-24-16-9-10-20(31-3)21(13-16)32-4/h5-10,13-14,24,28H,11-12H2,1-4H3,(H,25,33)(H,27,29)/b17-15-,26-14+. The van der Waals surface area contributed by atoms with Crippen molar-refractivity contribution in [3.05, 3.63) is 53.8 Å². The number of para-hydroxylation sites is 2. The number of carbonyl (C=O) groups is 1. The SMILES string of the molecule is COc1ccccc1NC(=O)C(/C=N/C(=S)NCCNc1ccc(OC)c(OC)c1)=C(/C)O. The second kappa shape index (κ2) is 12.9. The molecule has 0 radical (unpaired) electrons. The lowest BCUT2D eigenvalue weighted by Gasteiger charge is -2.12. The van der Waals surface area contributed by atoms with Gasteiger partial charge in [0.15, 0.2) is 16.6 Å². The molecule has 0 aromatic heterocycles. The van der Waals surface area contributed by atoms with E-state index in [0.717, 1.165) is 5.69 Å². The molecule has 2 aromatic carbocycles. The lowest BCUT2D eigenvalue weighted by molar-refractivity contribution is -0.112. The van der Waals surface area contributed by atoms with Crippen molar-refractivity contribution >= 4 is 40.8 Å². The van der Waals surface area contributed by atoms with E-state index in [1.165, 1.54) is 20.2 Å².